The first-order valence-electron chi connectivity index (χ1n) is 5.63. The van der Waals surface area contributed by atoms with Crippen molar-refractivity contribution in [2.75, 3.05) is 13.1 Å². The molecule has 2 heterocycles. The van der Waals surface area contributed by atoms with Gasteiger partial charge in [-0.15, -0.1) is 0 Å². The van der Waals surface area contributed by atoms with Crippen molar-refractivity contribution in [3.8, 4) is 0 Å². The van der Waals surface area contributed by atoms with Crippen LogP contribution in [0.2, 0.25) is 0 Å². The van der Waals surface area contributed by atoms with Crippen LogP contribution < -0.4 is 5.32 Å². The third-order valence-corrected chi connectivity index (χ3v) is 3.08. The zero-order valence-corrected chi connectivity index (χ0v) is 11.7. The van der Waals surface area contributed by atoms with Gasteiger partial charge in [-0.25, -0.2) is 9.59 Å². The number of urea groups is 1. The second kappa shape index (κ2) is 5.43. The van der Waals surface area contributed by atoms with E-state index < -0.39 is 24.0 Å². The zero-order chi connectivity index (χ0) is 14.0. The van der Waals surface area contributed by atoms with Crippen molar-refractivity contribution in [1.29, 1.82) is 0 Å². The van der Waals surface area contributed by atoms with Crippen molar-refractivity contribution >= 4 is 33.8 Å². The Kier molecular flexibility index (Phi) is 3.89. The summed E-state index contributed by atoms with van der Waals surface area (Å²) < 4.78 is 5.72. The highest BCUT2D eigenvalue weighted by Gasteiger charge is 2.31. The zero-order valence-electron chi connectivity index (χ0n) is 10.1. The number of imide groups is 1. The number of amides is 3. The number of nitrogens with one attached hydrogen (secondary N) is 2. The van der Waals surface area contributed by atoms with Gasteiger partial charge < -0.3 is 15.0 Å². The molecule has 0 radical (unpaired) electrons. The highest BCUT2D eigenvalue weighted by atomic mass is 79.9. The standard InChI is InChI=1S/C11H12BrN3O4/c1-6(9(16)15-3-2-13-11(15)18)19-10(17)8-4-7(12)5-14-8/h4-6,14H,2-3H2,1H3,(H,13,18). The van der Waals surface area contributed by atoms with Crippen LogP contribution in [0.3, 0.4) is 0 Å². The minimum atomic E-state index is -1.02. The molecule has 7 nitrogen and oxygen atoms in total. The molecule has 19 heavy (non-hydrogen) atoms. The van der Waals surface area contributed by atoms with Crippen LogP contribution in [0.25, 0.3) is 0 Å². The summed E-state index contributed by atoms with van der Waals surface area (Å²) in [5.74, 6) is -1.18. The molecule has 1 saturated heterocycles. The van der Waals surface area contributed by atoms with E-state index in [1.54, 1.807) is 12.3 Å². The third-order valence-electron chi connectivity index (χ3n) is 2.62. The Morgan fingerprint density at radius 1 is 1.53 bits per heavy atom. The van der Waals surface area contributed by atoms with Crippen molar-refractivity contribution < 1.29 is 19.1 Å². The monoisotopic (exact) mass is 329 g/mol. The first kappa shape index (κ1) is 13.6. The Bertz CT molecular complexity index is 528. The predicted molar refractivity (Wildman–Crippen MR) is 68.5 cm³/mol. The Hall–Kier alpha value is -1.83. The molecule has 0 spiro atoms. The number of esters is 1. The predicted octanol–water partition coefficient (Wildman–Crippen LogP) is 0.874. The van der Waals surface area contributed by atoms with Gasteiger partial charge in [-0.1, -0.05) is 0 Å². The molecule has 1 unspecified atom stereocenters. The van der Waals surface area contributed by atoms with E-state index >= 15 is 0 Å². The first-order chi connectivity index (χ1) is 8.99. The van der Waals surface area contributed by atoms with Crippen LogP contribution in [0.1, 0.15) is 17.4 Å². The van der Waals surface area contributed by atoms with Crippen LogP contribution in [0.15, 0.2) is 16.7 Å². The molecule has 1 aromatic rings. The summed E-state index contributed by atoms with van der Waals surface area (Å²) in [4.78, 5) is 38.7. The minimum Gasteiger partial charge on any atom is -0.448 e. The lowest BCUT2D eigenvalue weighted by Gasteiger charge is -2.17. The van der Waals surface area contributed by atoms with Crippen LogP contribution in [-0.4, -0.2) is 47.0 Å². The van der Waals surface area contributed by atoms with E-state index in [-0.39, 0.29) is 12.2 Å². The molecule has 0 aromatic carbocycles. The topological polar surface area (TPSA) is 91.5 Å². The second-order valence-corrected chi connectivity index (χ2v) is 4.92. The Labute approximate surface area is 117 Å². The second-order valence-electron chi connectivity index (χ2n) is 4.00. The van der Waals surface area contributed by atoms with Gasteiger partial charge in [0.25, 0.3) is 5.91 Å². The number of halogens is 1. The fourth-order valence-corrected chi connectivity index (χ4v) is 2.00. The van der Waals surface area contributed by atoms with Gasteiger partial charge in [0.15, 0.2) is 6.10 Å². The van der Waals surface area contributed by atoms with E-state index in [1.165, 1.54) is 6.92 Å². The maximum atomic E-state index is 11.9. The lowest BCUT2D eigenvalue weighted by molar-refractivity contribution is -0.136. The van der Waals surface area contributed by atoms with E-state index in [0.29, 0.717) is 11.0 Å². The average Bonchev–Trinajstić information content (AvgIpc) is 2.97. The molecule has 8 heteroatoms. The fraction of sp³-hybridized carbons (Fsp3) is 0.364. The smallest absolute Gasteiger partial charge is 0.355 e. The average molecular weight is 330 g/mol. The van der Waals surface area contributed by atoms with Crippen molar-refractivity contribution in [3.05, 3.63) is 22.4 Å². The van der Waals surface area contributed by atoms with E-state index in [2.05, 4.69) is 26.2 Å². The van der Waals surface area contributed by atoms with Crippen molar-refractivity contribution in [2.45, 2.75) is 13.0 Å². The summed E-state index contributed by atoms with van der Waals surface area (Å²) in [6.07, 6.45) is 0.565. The minimum absolute atomic E-state index is 0.234. The number of hydrogen-bond acceptors (Lipinski definition) is 4. The summed E-state index contributed by atoms with van der Waals surface area (Å²) in [7, 11) is 0. The molecule has 1 atom stereocenters. The molecule has 2 rings (SSSR count). The number of carbonyl (C=O) groups is 3. The van der Waals surface area contributed by atoms with E-state index in [9.17, 15) is 14.4 Å². The first-order valence-corrected chi connectivity index (χ1v) is 6.42. The summed E-state index contributed by atoms with van der Waals surface area (Å²) in [5.41, 5.74) is 0.234. The SMILES string of the molecule is CC(OC(=O)c1cc(Br)c[nH]1)C(=O)N1CCNC1=O. The molecule has 0 saturated carbocycles. The van der Waals surface area contributed by atoms with Crippen molar-refractivity contribution in [2.24, 2.45) is 0 Å². The summed E-state index contributed by atoms with van der Waals surface area (Å²) in [5, 5.41) is 2.51. The maximum absolute atomic E-state index is 11.9. The van der Waals surface area contributed by atoms with Gasteiger partial charge in [0.1, 0.15) is 5.69 Å². The number of aromatic nitrogens is 1. The van der Waals surface area contributed by atoms with Gasteiger partial charge >= 0.3 is 12.0 Å². The van der Waals surface area contributed by atoms with Crippen molar-refractivity contribution in [1.82, 2.24) is 15.2 Å². The van der Waals surface area contributed by atoms with E-state index in [1.807, 2.05) is 0 Å². The van der Waals surface area contributed by atoms with Crippen LogP contribution in [0.5, 0.6) is 0 Å². The number of ether oxygens (including phenoxy) is 1. The Morgan fingerprint density at radius 3 is 2.79 bits per heavy atom. The lowest BCUT2D eigenvalue weighted by atomic mass is 10.3. The van der Waals surface area contributed by atoms with Gasteiger partial charge in [-0.3, -0.25) is 9.69 Å². The molecule has 1 aromatic heterocycles. The quantitative estimate of drug-likeness (QED) is 0.805. The van der Waals surface area contributed by atoms with Gasteiger partial charge in [-0.05, 0) is 28.9 Å². The molecule has 0 aliphatic carbocycles. The van der Waals surface area contributed by atoms with Crippen LogP contribution in [-0.2, 0) is 9.53 Å². The summed E-state index contributed by atoms with van der Waals surface area (Å²) in [6, 6.07) is 1.08. The highest BCUT2D eigenvalue weighted by Crippen LogP contribution is 2.13. The number of carbonyl (C=O) groups excluding carboxylic acids is 3. The third kappa shape index (κ3) is 2.95. The molecule has 1 aliphatic heterocycles. The Morgan fingerprint density at radius 2 is 2.26 bits per heavy atom. The number of aromatic amines is 1. The number of hydrogen-bond donors (Lipinski definition) is 2. The molecular formula is C11H12BrN3O4. The molecule has 1 aliphatic rings. The number of rotatable bonds is 3. The summed E-state index contributed by atoms with van der Waals surface area (Å²) in [6.45, 7) is 2.13. The van der Waals surface area contributed by atoms with E-state index in [0.717, 1.165) is 4.90 Å². The maximum Gasteiger partial charge on any atom is 0.355 e. The van der Waals surface area contributed by atoms with E-state index in [4.69, 9.17) is 4.74 Å². The molecular weight excluding hydrogens is 318 g/mol. The molecule has 3 amide bonds. The molecule has 1 fully saturated rings. The number of H-pyrrole nitrogens is 1. The lowest BCUT2D eigenvalue weighted by Crippen LogP contribution is -2.41. The van der Waals surface area contributed by atoms with Gasteiger partial charge in [0, 0.05) is 23.8 Å². The van der Waals surface area contributed by atoms with Crippen molar-refractivity contribution in [3.63, 3.8) is 0 Å². The summed E-state index contributed by atoms with van der Waals surface area (Å²) >= 11 is 3.19. The molecule has 0 bridgehead atoms. The normalized spacial score (nSPS) is 16.1. The Balaban J connectivity index is 1.97. The van der Waals surface area contributed by atoms with Gasteiger partial charge in [0.05, 0.1) is 0 Å². The molecule has 102 valence electrons. The number of nitrogens with zero attached hydrogens (tertiary/aromatic N) is 1. The fourth-order valence-electron chi connectivity index (χ4n) is 1.66. The van der Waals surface area contributed by atoms with Crippen LogP contribution >= 0.6 is 15.9 Å². The highest BCUT2D eigenvalue weighted by molar-refractivity contribution is 9.10. The largest absolute Gasteiger partial charge is 0.448 e. The van der Waals surface area contributed by atoms with Gasteiger partial charge in [0.2, 0.25) is 0 Å². The van der Waals surface area contributed by atoms with Crippen LogP contribution in [0, 0.1) is 0 Å². The molecule has 2 N–H and O–H groups in total. The van der Waals surface area contributed by atoms with Crippen LogP contribution in [0.4, 0.5) is 4.79 Å². The van der Waals surface area contributed by atoms with Gasteiger partial charge in [-0.2, -0.15) is 0 Å².